The summed E-state index contributed by atoms with van der Waals surface area (Å²) < 4.78 is 5.57. The topological polar surface area (TPSA) is 63.8 Å². The van der Waals surface area contributed by atoms with E-state index in [9.17, 15) is 5.11 Å². The fourth-order valence-corrected chi connectivity index (χ4v) is 1.84. The predicted molar refractivity (Wildman–Crippen MR) is 51.9 cm³/mol. The van der Waals surface area contributed by atoms with Crippen LogP contribution in [0.4, 0.5) is 0 Å². The maximum absolute atomic E-state index is 9.93. The Morgan fingerprint density at radius 3 is 2.86 bits per heavy atom. The lowest BCUT2D eigenvalue weighted by Gasteiger charge is -2.03. The molecule has 14 heavy (non-hydrogen) atoms. The van der Waals surface area contributed by atoms with Crippen molar-refractivity contribution in [3.8, 4) is 0 Å². The van der Waals surface area contributed by atoms with E-state index in [1.54, 1.807) is 17.1 Å². The molecule has 2 rings (SSSR count). The van der Waals surface area contributed by atoms with Gasteiger partial charge in [-0.3, -0.25) is 0 Å². The first-order valence-corrected chi connectivity index (χ1v) is 4.90. The minimum atomic E-state index is -0.712. The van der Waals surface area contributed by atoms with Crippen molar-refractivity contribution in [2.24, 2.45) is 7.05 Å². The van der Waals surface area contributed by atoms with Crippen LogP contribution in [0.5, 0.6) is 0 Å². The van der Waals surface area contributed by atoms with E-state index in [0.717, 1.165) is 10.6 Å². The van der Waals surface area contributed by atoms with Gasteiger partial charge in [0.2, 0.25) is 0 Å². The van der Waals surface area contributed by atoms with Gasteiger partial charge >= 0.3 is 0 Å². The maximum atomic E-state index is 9.93. The van der Waals surface area contributed by atoms with E-state index in [-0.39, 0.29) is 0 Å². The molecule has 0 radical (unpaired) electrons. The fourth-order valence-electron chi connectivity index (χ4n) is 1.20. The molecule has 2 aromatic heterocycles. The van der Waals surface area contributed by atoms with Crippen molar-refractivity contribution in [2.45, 2.75) is 13.0 Å². The normalized spacial score (nSPS) is 13.1. The summed E-state index contributed by atoms with van der Waals surface area (Å²) in [6.07, 6.45) is 2.72. The second-order valence-corrected chi connectivity index (χ2v) is 3.87. The third kappa shape index (κ3) is 1.53. The number of hydrogen-bond acceptors (Lipinski definition) is 5. The van der Waals surface area contributed by atoms with Crippen LogP contribution in [-0.2, 0) is 7.05 Å². The van der Waals surface area contributed by atoms with Crippen LogP contribution in [0.2, 0.25) is 0 Å². The molecule has 0 spiro atoms. The highest BCUT2D eigenvalue weighted by Crippen LogP contribution is 2.24. The zero-order valence-electron chi connectivity index (χ0n) is 7.88. The van der Waals surface area contributed by atoms with Gasteiger partial charge in [0.15, 0.2) is 0 Å². The molecule has 6 heteroatoms. The monoisotopic (exact) mass is 210 g/mol. The molecule has 0 aliphatic heterocycles. The Hall–Kier alpha value is -1.27. The third-order valence-corrected chi connectivity index (χ3v) is 2.82. The molecule has 0 aliphatic rings. The highest BCUT2D eigenvalue weighted by atomic mass is 32.1. The zero-order valence-corrected chi connectivity index (χ0v) is 8.69. The van der Waals surface area contributed by atoms with Crippen molar-refractivity contribution in [1.29, 1.82) is 0 Å². The summed E-state index contributed by atoms with van der Waals surface area (Å²) in [4.78, 5) is 4.83. The zero-order chi connectivity index (χ0) is 10.1. The van der Waals surface area contributed by atoms with Crippen LogP contribution in [0.15, 0.2) is 12.5 Å². The van der Waals surface area contributed by atoms with E-state index in [4.69, 9.17) is 0 Å². The van der Waals surface area contributed by atoms with Gasteiger partial charge in [-0.15, -0.1) is 5.10 Å². The molecule has 2 aromatic rings. The molecule has 0 fully saturated rings. The summed E-state index contributed by atoms with van der Waals surface area (Å²) in [6.45, 7) is 1.82. The molecule has 0 aromatic carbocycles. The van der Waals surface area contributed by atoms with E-state index in [0.29, 0.717) is 5.69 Å². The first-order chi connectivity index (χ1) is 6.68. The summed E-state index contributed by atoms with van der Waals surface area (Å²) in [5.41, 5.74) is 1.38. The Morgan fingerprint density at radius 1 is 1.57 bits per heavy atom. The van der Waals surface area contributed by atoms with E-state index < -0.39 is 6.10 Å². The fraction of sp³-hybridized carbons (Fsp3) is 0.375. The van der Waals surface area contributed by atoms with Crippen molar-refractivity contribution in [3.63, 3.8) is 0 Å². The quantitative estimate of drug-likeness (QED) is 0.791. The number of hydrogen-bond donors (Lipinski definition) is 1. The Kier molecular flexibility index (Phi) is 2.30. The van der Waals surface area contributed by atoms with Crippen LogP contribution in [0.1, 0.15) is 22.4 Å². The number of imidazole rings is 1. The largest absolute Gasteiger partial charge is 0.381 e. The van der Waals surface area contributed by atoms with Crippen LogP contribution in [0, 0.1) is 6.92 Å². The number of rotatable bonds is 2. The standard InChI is InChI=1S/C8H10N4OS/c1-5-8(14-11-10-5)7(13)6-3-12(2)4-9-6/h3-4,7,13H,1-2H3. The molecule has 0 saturated heterocycles. The number of aliphatic hydroxyl groups is 1. The molecule has 5 nitrogen and oxygen atoms in total. The van der Waals surface area contributed by atoms with E-state index >= 15 is 0 Å². The summed E-state index contributed by atoms with van der Waals surface area (Å²) in [5, 5.41) is 13.8. The number of aliphatic hydroxyl groups excluding tert-OH is 1. The first-order valence-electron chi connectivity index (χ1n) is 4.13. The summed E-state index contributed by atoms with van der Waals surface area (Å²) in [7, 11) is 1.86. The van der Waals surface area contributed by atoms with Crippen LogP contribution >= 0.6 is 11.5 Å². The van der Waals surface area contributed by atoms with E-state index in [1.165, 1.54) is 11.5 Å². The highest BCUT2D eigenvalue weighted by Gasteiger charge is 2.18. The van der Waals surface area contributed by atoms with Crippen molar-refractivity contribution < 1.29 is 5.11 Å². The summed E-state index contributed by atoms with van der Waals surface area (Å²) >= 11 is 1.20. The molecule has 1 N–H and O–H groups in total. The van der Waals surface area contributed by atoms with Gasteiger partial charge in [0.25, 0.3) is 0 Å². The van der Waals surface area contributed by atoms with Crippen LogP contribution in [-0.4, -0.2) is 24.2 Å². The first kappa shape index (κ1) is 9.29. The molecular formula is C8H10N4OS. The molecular weight excluding hydrogens is 200 g/mol. The lowest BCUT2D eigenvalue weighted by Crippen LogP contribution is -1.99. The molecule has 1 atom stereocenters. The van der Waals surface area contributed by atoms with Crippen molar-refractivity contribution in [2.75, 3.05) is 0 Å². The maximum Gasteiger partial charge on any atom is 0.135 e. The van der Waals surface area contributed by atoms with Gasteiger partial charge in [-0.25, -0.2) is 4.98 Å². The highest BCUT2D eigenvalue weighted by molar-refractivity contribution is 7.05. The van der Waals surface area contributed by atoms with Crippen molar-refractivity contribution >= 4 is 11.5 Å². The van der Waals surface area contributed by atoms with Crippen LogP contribution < -0.4 is 0 Å². The average molecular weight is 210 g/mol. The second kappa shape index (κ2) is 3.47. The molecule has 2 heterocycles. The summed E-state index contributed by atoms with van der Waals surface area (Å²) in [6, 6.07) is 0. The smallest absolute Gasteiger partial charge is 0.135 e. The molecule has 0 amide bonds. The number of aromatic nitrogens is 4. The van der Waals surface area contributed by atoms with Gasteiger partial charge in [0.05, 0.1) is 22.6 Å². The third-order valence-electron chi connectivity index (χ3n) is 1.94. The Bertz CT molecular complexity index is 436. The predicted octanol–water partition coefficient (Wildman–Crippen LogP) is 0.662. The second-order valence-electron chi connectivity index (χ2n) is 3.09. The molecule has 0 bridgehead atoms. The Labute approximate surface area is 85.2 Å². The summed E-state index contributed by atoms with van der Waals surface area (Å²) in [5.74, 6) is 0. The van der Waals surface area contributed by atoms with Gasteiger partial charge in [0, 0.05) is 13.2 Å². The minimum absolute atomic E-state index is 0.627. The van der Waals surface area contributed by atoms with Gasteiger partial charge in [0.1, 0.15) is 6.10 Å². The molecule has 0 saturated carbocycles. The minimum Gasteiger partial charge on any atom is -0.381 e. The Morgan fingerprint density at radius 2 is 2.36 bits per heavy atom. The van der Waals surface area contributed by atoms with Crippen molar-refractivity contribution in [3.05, 3.63) is 28.8 Å². The van der Waals surface area contributed by atoms with Gasteiger partial charge in [-0.2, -0.15) is 0 Å². The van der Waals surface area contributed by atoms with Gasteiger partial charge in [-0.1, -0.05) is 4.49 Å². The Balaban J connectivity index is 2.33. The average Bonchev–Trinajstić information content (AvgIpc) is 2.73. The van der Waals surface area contributed by atoms with Gasteiger partial charge < -0.3 is 9.67 Å². The molecule has 0 aliphatic carbocycles. The SMILES string of the molecule is Cc1nnsc1C(O)c1cn(C)cn1. The van der Waals surface area contributed by atoms with E-state index in [2.05, 4.69) is 14.6 Å². The molecule has 74 valence electrons. The van der Waals surface area contributed by atoms with Crippen molar-refractivity contribution in [1.82, 2.24) is 19.1 Å². The van der Waals surface area contributed by atoms with Crippen LogP contribution in [0.3, 0.4) is 0 Å². The lowest BCUT2D eigenvalue weighted by molar-refractivity contribution is 0.218. The number of nitrogens with zero attached hydrogens (tertiary/aromatic N) is 4. The van der Waals surface area contributed by atoms with Crippen LogP contribution in [0.25, 0.3) is 0 Å². The number of aryl methyl sites for hydroxylation is 2. The molecule has 1 unspecified atom stereocenters. The van der Waals surface area contributed by atoms with Gasteiger partial charge in [-0.05, 0) is 18.5 Å². The lowest BCUT2D eigenvalue weighted by atomic mass is 10.2. The van der Waals surface area contributed by atoms with E-state index in [1.807, 2.05) is 14.0 Å².